The predicted octanol–water partition coefficient (Wildman–Crippen LogP) is 4.44. The summed E-state index contributed by atoms with van der Waals surface area (Å²) in [4.78, 5) is 16.7. The molecule has 7 nitrogen and oxygen atoms in total. The highest BCUT2D eigenvalue weighted by molar-refractivity contribution is 7.89. The van der Waals surface area contributed by atoms with E-state index in [-0.39, 0.29) is 15.8 Å². The molecule has 1 fully saturated rings. The van der Waals surface area contributed by atoms with Gasteiger partial charge in [0.05, 0.1) is 28.8 Å². The lowest BCUT2D eigenvalue weighted by atomic mass is 10.0. The molecule has 1 saturated heterocycles. The second-order valence-electron chi connectivity index (χ2n) is 7.35. The maximum Gasteiger partial charge on any atom is 0.336 e. The number of sulfonamides is 1. The summed E-state index contributed by atoms with van der Waals surface area (Å²) in [7, 11) is -2.20. The zero-order valence-corrected chi connectivity index (χ0v) is 18.4. The van der Waals surface area contributed by atoms with Gasteiger partial charge in [0.2, 0.25) is 10.0 Å². The average Bonchev–Trinajstić information content (AvgIpc) is 2.78. The summed E-state index contributed by atoms with van der Waals surface area (Å²) in [6.45, 7) is 0.940. The number of carboxylic acids is 1. The molecule has 0 saturated carbocycles. The first-order valence-electron chi connectivity index (χ1n) is 9.83. The Kier molecular flexibility index (Phi) is 5.88. The maximum absolute atomic E-state index is 13.0. The molecule has 3 aromatic rings. The van der Waals surface area contributed by atoms with Crippen molar-refractivity contribution in [3.8, 4) is 17.0 Å². The van der Waals surface area contributed by atoms with Crippen LogP contribution in [0.3, 0.4) is 0 Å². The number of carboxylic acid groups (broad SMARTS) is 1. The lowest BCUT2D eigenvalue weighted by molar-refractivity contribution is 0.0699. The number of hydrogen-bond acceptors (Lipinski definition) is 5. The third-order valence-electron chi connectivity index (χ3n) is 5.40. The van der Waals surface area contributed by atoms with Gasteiger partial charge in [0.25, 0.3) is 0 Å². The topological polar surface area (TPSA) is 96.8 Å². The fraction of sp³-hybridized carbons (Fsp3) is 0.273. The summed E-state index contributed by atoms with van der Waals surface area (Å²) in [6.07, 6.45) is 2.64. The van der Waals surface area contributed by atoms with Crippen LogP contribution in [-0.2, 0) is 10.0 Å². The molecule has 0 radical (unpaired) electrons. The minimum absolute atomic E-state index is 0.0438. The van der Waals surface area contributed by atoms with Crippen LogP contribution < -0.4 is 4.74 Å². The number of carbonyl (C=O) groups is 1. The number of halogens is 1. The standard InChI is InChI=1S/C22H21ClN2O5S/c1-30-21-8-5-14(23)11-18(21)20-13-17(22(26)27)16-12-15(6-7-19(16)24-20)31(28,29)25-9-3-2-4-10-25/h5-8,11-13H,2-4,9-10H2,1H3,(H,26,27). The maximum atomic E-state index is 13.0. The van der Waals surface area contributed by atoms with E-state index in [1.807, 2.05) is 0 Å². The van der Waals surface area contributed by atoms with E-state index in [4.69, 9.17) is 16.3 Å². The summed E-state index contributed by atoms with van der Waals surface area (Å²) in [6, 6.07) is 10.8. The summed E-state index contributed by atoms with van der Waals surface area (Å²) >= 11 is 6.12. The van der Waals surface area contributed by atoms with Crippen molar-refractivity contribution in [2.45, 2.75) is 24.2 Å². The Labute approximate surface area is 185 Å². The van der Waals surface area contributed by atoms with E-state index in [2.05, 4.69) is 4.98 Å². The Bertz CT molecular complexity index is 1270. The van der Waals surface area contributed by atoms with Gasteiger partial charge < -0.3 is 9.84 Å². The van der Waals surface area contributed by atoms with E-state index in [0.29, 0.717) is 40.6 Å². The molecule has 1 aliphatic rings. The van der Waals surface area contributed by atoms with Crippen LogP contribution in [0.15, 0.2) is 47.4 Å². The van der Waals surface area contributed by atoms with Gasteiger partial charge in [-0.05, 0) is 55.3 Å². The summed E-state index contributed by atoms with van der Waals surface area (Å²) in [5, 5.41) is 10.5. The molecular weight excluding hydrogens is 440 g/mol. The number of benzene rings is 2. The van der Waals surface area contributed by atoms with Gasteiger partial charge in [-0.25, -0.2) is 18.2 Å². The lowest BCUT2D eigenvalue weighted by Gasteiger charge is -2.26. The number of piperidine rings is 1. The van der Waals surface area contributed by atoms with Crippen LogP contribution in [0, 0.1) is 0 Å². The summed E-state index contributed by atoms with van der Waals surface area (Å²) in [5.41, 5.74) is 1.24. The number of ether oxygens (including phenoxy) is 1. The molecule has 162 valence electrons. The number of nitrogens with zero attached hydrogens (tertiary/aromatic N) is 2. The molecular formula is C22H21ClN2O5S. The van der Waals surface area contributed by atoms with Crippen molar-refractivity contribution in [1.29, 1.82) is 0 Å². The molecule has 2 aromatic carbocycles. The van der Waals surface area contributed by atoms with Gasteiger partial charge in [-0.1, -0.05) is 18.0 Å². The first kappa shape index (κ1) is 21.5. The van der Waals surface area contributed by atoms with Crippen molar-refractivity contribution < 1.29 is 23.1 Å². The van der Waals surface area contributed by atoms with Gasteiger partial charge in [0.15, 0.2) is 0 Å². The van der Waals surface area contributed by atoms with Crippen molar-refractivity contribution in [2.75, 3.05) is 20.2 Å². The SMILES string of the molecule is COc1ccc(Cl)cc1-c1cc(C(=O)O)c2cc(S(=O)(=O)N3CCCCC3)ccc2n1. The van der Waals surface area contributed by atoms with Crippen LogP contribution in [0.1, 0.15) is 29.6 Å². The molecule has 0 atom stereocenters. The Morgan fingerprint density at radius 1 is 1.10 bits per heavy atom. The second-order valence-corrected chi connectivity index (χ2v) is 9.72. The molecule has 1 N–H and O–H groups in total. The van der Waals surface area contributed by atoms with Gasteiger partial charge >= 0.3 is 5.97 Å². The number of aromatic carboxylic acids is 1. The minimum atomic E-state index is -3.70. The highest BCUT2D eigenvalue weighted by Gasteiger charge is 2.27. The molecule has 31 heavy (non-hydrogen) atoms. The zero-order chi connectivity index (χ0) is 22.2. The van der Waals surface area contributed by atoms with Gasteiger partial charge in [-0.15, -0.1) is 0 Å². The number of methoxy groups -OCH3 is 1. The lowest BCUT2D eigenvalue weighted by Crippen LogP contribution is -2.35. The first-order valence-corrected chi connectivity index (χ1v) is 11.7. The van der Waals surface area contributed by atoms with Crippen LogP contribution in [0.2, 0.25) is 5.02 Å². The van der Waals surface area contributed by atoms with Crippen molar-refractivity contribution in [3.05, 3.63) is 53.1 Å². The predicted molar refractivity (Wildman–Crippen MR) is 118 cm³/mol. The largest absolute Gasteiger partial charge is 0.496 e. The van der Waals surface area contributed by atoms with Crippen LogP contribution in [0.4, 0.5) is 0 Å². The Morgan fingerprint density at radius 3 is 2.52 bits per heavy atom. The average molecular weight is 461 g/mol. The van der Waals surface area contributed by atoms with Gasteiger partial charge in [0.1, 0.15) is 5.75 Å². The molecule has 4 rings (SSSR count). The third-order valence-corrected chi connectivity index (χ3v) is 7.53. The van der Waals surface area contributed by atoms with Crippen molar-refractivity contribution in [2.24, 2.45) is 0 Å². The number of pyridine rings is 1. The number of fused-ring (bicyclic) bond motifs is 1. The van der Waals surface area contributed by atoms with Crippen LogP contribution in [0.5, 0.6) is 5.75 Å². The zero-order valence-electron chi connectivity index (χ0n) is 16.8. The molecule has 1 aliphatic heterocycles. The summed E-state index contributed by atoms with van der Waals surface area (Å²) < 4.78 is 32.9. The van der Waals surface area contributed by atoms with Crippen LogP contribution in [-0.4, -0.2) is 49.0 Å². The van der Waals surface area contributed by atoms with E-state index in [1.54, 1.807) is 24.3 Å². The van der Waals surface area contributed by atoms with E-state index < -0.39 is 16.0 Å². The minimum Gasteiger partial charge on any atom is -0.496 e. The molecule has 9 heteroatoms. The van der Waals surface area contributed by atoms with Gasteiger partial charge in [-0.3, -0.25) is 0 Å². The quantitative estimate of drug-likeness (QED) is 0.604. The molecule has 0 bridgehead atoms. The molecule has 0 spiro atoms. The van der Waals surface area contributed by atoms with E-state index in [0.717, 1.165) is 19.3 Å². The molecule has 0 aliphatic carbocycles. The fourth-order valence-corrected chi connectivity index (χ4v) is 5.53. The molecule has 0 amide bonds. The van der Waals surface area contributed by atoms with Crippen molar-refractivity contribution in [1.82, 2.24) is 9.29 Å². The Hall–Kier alpha value is -2.68. The summed E-state index contributed by atoms with van der Waals surface area (Å²) in [5.74, 6) is -0.681. The Balaban J connectivity index is 1.88. The smallest absolute Gasteiger partial charge is 0.336 e. The van der Waals surface area contributed by atoms with Crippen molar-refractivity contribution >= 4 is 38.5 Å². The molecule has 1 aromatic heterocycles. The van der Waals surface area contributed by atoms with Gasteiger partial charge in [-0.2, -0.15) is 4.31 Å². The van der Waals surface area contributed by atoms with Crippen LogP contribution >= 0.6 is 11.6 Å². The van der Waals surface area contributed by atoms with E-state index in [9.17, 15) is 18.3 Å². The van der Waals surface area contributed by atoms with E-state index in [1.165, 1.54) is 29.6 Å². The highest BCUT2D eigenvalue weighted by Crippen LogP contribution is 2.34. The Morgan fingerprint density at radius 2 is 1.84 bits per heavy atom. The van der Waals surface area contributed by atoms with Crippen LogP contribution in [0.25, 0.3) is 22.2 Å². The second kappa shape index (κ2) is 8.45. The monoisotopic (exact) mass is 460 g/mol. The van der Waals surface area contributed by atoms with Gasteiger partial charge in [0, 0.05) is 29.1 Å². The molecule has 2 heterocycles. The number of aromatic nitrogens is 1. The number of rotatable bonds is 5. The highest BCUT2D eigenvalue weighted by atomic mass is 35.5. The first-order chi connectivity index (χ1) is 14.8. The van der Waals surface area contributed by atoms with Crippen molar-refractivity contribution in [3.63, 3.8) is 0 Å². The third kappa shape index (κ3) is 4.11. The normalized spacial score (nSPS) is 15.2. The fourth-order valence-electron chi connectivity index (χ4n) is 3.81. The van der Waals surface area contributed by atoms with E-state index >= 15 is 0 Å². The molecule has 0 unspecified atom stereocenters. The number of hydrogen-bond donors (Lipinski definition) is 1.